The van der Waals surface area contributed by atoms with E-state index in [0.717, 1.165) is 24.4 Å². The molecule has 3 rings (SSSR count). The second-order valence-electron chi connectivity index (χ2n) is 6.32. The predicted octanol–water partition coefficient (Wildman–Crippen LogP) is 2.95. The maximum absolute atomic E-state index is 12.5. The van der Waals surface area contributed by atoms with Crippen LogP contribution in [0.2, 0.25) is 0 Å². The van der Waals surface area contributed by atoms with Crippen molar-refractivity contribution in [2.75, 3.05) is 13.7 Å². The van der Waals surface area contributed by atoms with Crippen LogP contribution in [-0.2, 0) is 6.54 Å². The van der Waals surface area contributed by atoms with Crippen LogP contribution in [0.15, 0.2) is 18.3 Å². The van der Waals surface area contributed by atoms with Gasteiger partial charge in [-0.05, 0) is 37.2 Å². The number of hydrogen-bond acceptors (Lipinski definition) is 3. The molecule has 1 saturated carbocycles. The fourth-order valence-corrected chi connectivity index (χ4v) is 3.79. The number of nitrogens with zero attached hydrogens (tertiary/aromatic N) is 2. The van der Waals surface area contributed by atoms with E-state index in [4.69, 9.17) is 4.74 Å². The Morgan fingerprint density at radius 1 is 1.32 bits per heavy atom. The third-order valence-electron chi connectivity index (χ3n) is 4.95. The van der Waals surface area contributed by atoms with Crippen molar-refractivity contribution in [3.63, 3.8) is 0 Å². The minimum Gasteiger partial charge on any atom is -0.481 e. The molecule has 1 aliphatic carbocycles. The summed E-state index contributed by atoms with van der Waals surface area (Å²) in [6, 6.07) is 4.28. The van der Waals surface area contributed by atoms with Crippen LogP contribution in [-0.4, -0.2) is 35.6 Å². The number of rotatable bonds is 4. The summed E-state index contributed by atoms with van der Waals surface area (Å²) in [5, 5.41) is 3.04. The standard InChI is InChI=1S/C17H25N3O2/c1-22-16-9-8-13(11-18-16)12-19-17(21)20-10-4-7-15(20)14-5-2-3-6-14/h8-9,11,14-15H,2-7,10,12H2,1H3,(H,19,21)/t15-/m0/s1. The van der Waals surface area contributed by atoms with Crippen molar-refractivity contribution < 1.29 is 9.53 Å². The number of nitrogens with one attached hydrogen (secondary N) is 1. The maximum Gasteiger partial charge on any atom is 0.317 e. The zero-order chi connectivity index (χ0) is 15.4. The molecule has 5 nitrogen and oxygen atoms in total. The molecule has 2 heterocycles. The summed E-state index contributed by atoms with van der Waals surface area (Å²) in [4.78, 5) is 18.7. The zero-order valence-corrected chi connectivity index (χ0v) is 13.3. The summed E-state index contributed by atoms with van der Waals surface area (Å²) in [6.07, 6.45) is 9.29. The summed E-state index contributed by atoms with van der Waals surface area (Å²) in [5.74, 6) is 1.31. The maximum atomic E-state index is 12.5. The number of methoxy groups -OCH3 is 1. The molecule has 22 heavy (non-hydrogen) atoms. The van der Waals surface area contributed by atoms with Crippen LogP contribution >= 0.6 is 0 Å². The lowest BCUT2D eigenvalue weighted by molar-refractivity contribution is 0.172. The first-order valence-corrected chi connectivity index (χ1v) is 8.31. The molecule has 0 spiro atoms. The summed E-state index contributed by atoms with van der Waals surface area (Å²) in [6.45, 7) is 1.41. The Morgan fingerprint density at radius 2 is 2.14 bits per heavy atom. The largest absolute Gasteiger partial charge is 0.481 e. The highest BCUT2D eigenvalue weighted by atomic mass is 16.5. The monoisotopic (exact) mass is 303 g/mol. The van der Waals surface area contributed by atoms with Gasteiger partial charge in [-0.15, -0.1) is 0 Å². The summed E-state index contributed by atoms with van der Waals surface area (Å²) in [5.41, 5.74) is 0.991. The number of amides is 2. The van der Waals surface area contributed by atoms with Crippen LogP contribution in [0.25, 0.3) is 0 Å². The van der Waals surface area contributed by atoms with Crippen LogP contribution in [0, 0.1) is 5.92 Å². The molecule has 2 aliphatic rings. The molecule has 0 aromatic carbocycles. The summed E-state index contributed by atoms with van der Waals surface area (Å²) < 4.78 is 5.04. The van der Waals surface area contributed by atoms with E-state index in [1.165, 1.54) is 32.1 Å². The van der Waals surface area contributed by atoms with Gasteiger partial charge >= 0.3 is 6.03 Å². The van der Waals surface area contributed by atoms with E-state index in [2.05, 4.69) is 15.2 Å². The minimum absolute atomic E-state index is 0.0743. The van der Waals surface area contributed by atoms with E-state index in [0.29, 0.717) is 18.5 Å². The topological polar surface area (TPSA) is 54.5 Å². The first-order valence-electron chi connectivity index (χ1n) is 8.31. The Morgan fingerprint density at radius 3 is 2.82 bits per heavy atom. The first-order chi connectivity index (χ1) is 10.8. The molecule has 1 atom stereocenters. The van der Waals surface area contributed by atoms with Crippen LogP contribution in [0.5, 0.6) is 5.88 Å². The van der Waals surface area contributed by atoms with Crippen molar-refractivity contribution in [1.29, 1.82) is 0 Å². The lowest BCUT2D eigenvalue weighted by Gasteiger charge is -2.29. The van der Waals surface area contributed by atoms with Gasteiger partial charge in [0.2, 0.25) is 5.88 Å². The van der Waals surface area contributed by atoms with E-state index in [1.54, 1.807) is 13.3 Å². The Hall–Kier alpha value is -1.78. The molecule has 0 unspecified atom stereocenters. The van der Waals surface area contributed by atoms with E-state index in [-0.39, 0.29) is 6.03 Å². The smallest absolute Gasteiger partial charge is 0.317 e. The summed E-state index contributed by atoms with van der Waals surface area (Å²) >= 11 is 0. The van der Waals surface area contributed by atoms with Gasteiger partial charge in [-0.25, -0.2) is 9.78 Å². The van der Waals surface area contributed by atoms with Crippen molar-refractivity contribution in [3.05, 3.63) is 23.9 Å². The predicted molar refractivity (Wildman–Crippen MR) is 84.7 cm³/mol. The Balaban J connectivity index is 1.54. The molecule has 1 aromatic heterocycles. The van der Waals surface area contributed by atoms with Gasteiger partial charge in [-0.3, -0.25) is 0 Å². The number of carbonyl (C=O) groups is 1. The average molecular weight is 303 g/mol. The number of pyridine rings is 1. The molecule has 0 bridgehead atoms. The van der Waals surface area contributed by atoms with Crippen LogP contribution in [0.3, 0.4) is 0 Å². The summed E-state index contributed by atoms with van der Waals surface area (Å²) in [7, 11) is 1.60. The molecule has 120 valence electrons. The van der Waals surface area contributed by atoms with Gasteiger partial charge in [0.05, 0.1) is 7.11 Å². The number of urea groups is 1. The number of hydrogen-bond donors (Lipinski definition) is 1. The SMILES string of the molecule is COc1ccc(CNC(=O)N2CCC[C@H]2C2CCCC2)cn1. The number of ether oxygens (including phenoxy) is 1. The van der Waals surface area contributed by atoms with Gasteiger partial charge < -0.3 is 15.0 Å². The third kappa shape index (κ3) is 3.34. The number of aromatic nitrogens is 1. The molecular weight excluding hydrogens is 278 g/mol. The molecular formula is C17H25N3O2. The molecule has 2 amide bonds. The van der Waals surface area contributed by atoms with Crippen LogP contribution in [0.4, 0.5) is 4.79 Å². The van der Waals surface area contributed by atoms with E-state index in [9.17, 15) is 4.79 Å². The zero-order valence-electron chi connectivity index (χ0n) is 13.3. The molecule has 2 fully saturated rings. The van der Waals surface area contributed by atoms with E-state index >= 15 is 0 Å². The Labute approximate surface area is 132 Å². The first kappa shape index (κ1) is 15.1. The van der Waals surface area contributed by atoms with Gasteiger partial charge in [-0.2, -0.15) is 0 Å². The van der Waals surface area contributed by atoms with Crippen molar-refractivity contribution in [1.82, 2.24) is 15.2 Å². The number of carbonyl (C=O) groups excluding carboxylic acids is 1. The molecule has 5 heteroatoms. The van der Waals surface area contributed by atoms with E-state index in [1.807, 2.05) is 12.1 Å². The highest BCUT2D eigenvalue weighted by Gasteiger charge is 2.35. The normalized spacial score (nSPS) is 22.0. The molecule has 1 aliphatic heterocycles. The number of likely N-dealkylation sites (tertiary alicyclic amines) is 1. The highest BCUT2D eigenvalue weighted by Crippen LogP contribution is 2.35. The van der Waals surface area contributed by atoms with Crippen LogP contribution in [0.1, 0.15) is 44.1 Å². The van der Waals surface area contributed by atoms with Gasteiger partial charge in [0.25, 0.3) is 0 Å². The fourth-order valence-electron chi connectivity index (χ4n) is 3.79. The van der Waals surface area contributed by atoms with Crippen molar-refractivity contribution >= 4 is 6.03 Å². The van der Waals surface area contributed by atoms with Gasteiger partial charge in [0.15, 0.2) is 0 Å². The fraction of sp³-hybridized carbons (Fsp3) is 0.647. The lowest BCUT2D eigenvalue weighted by Crippen LogP contribution is -2.45. The van der Waals surface area contributed by atoms with Gasteiger partial charge in [-0.1, -0.05) is 18.9 Å². The van der Waals surface area contributed by atoms with Crippen LogP contribution < -0.4 is 10.1 Å². The minimum atomic E-state index is 0.0743. The highest BCUT2D eigenvalue weighted by molar-refractivity contribution is 5.74. The van der Waals surface area contributed by atoms with Crippen molar-refractivity contribution in [2.24, 2.45) is 5.92 Å². The Kier molecular flexibility index (Phi) is 4.80. The third-order valence-corrected chi connectivity index (χ3v) is 4.95. The Bertz CT molecular complexity index is 497. The molecule has 1 N–H and O–H groups in total. The van der Waals surface area contributed by atoms with E-state index < -0.39 is 0 Å². The van der Waals surface area contributed by atoms with Crippen molar-refractivity contribution in [2.45, 2.75) is 51.1 Å². The second kappa shape index (κ2) is 6.99. The average Bonchev–Trinajstić information content (AvgIpc) is 3.23. The van der Waals surface area contributed by atoms with Crippen molar-refractivity contribution in [3.8, 4) is 5.88 Å². The molecule has 1 saturated heterocycles. The second-order valence-corrected chi connectivity index (χ2v) is 6.32. The molecule has 0 radical (unpaired) electrons. The molecule has 1 aromatic rings. The van der Waals surface area contributed by atoms with Gasteiger partial charge in [0, 0.05) is 31.4 Å². The lowest BCUT2D eigenvalue weighted by atomic mass is 9.96. The van der Waals surface area contributed by atoms with Gasteiger partial charge in [0.1, 0.15) is 0 Å². The quantitative estimate of drug-likeness (QED) is 0.930.